The molecule has 0 spiro atoms. The topological polar surface area (TPSA) is 38.5 Å². The van der Waals surface area contributed by atoms with Gasteiger partial charge in [-0.1, -0.05) is 31.2 Å². The largest absolute Gasteiger partial charge is 0.522 e. The van der Waals surface area contributed by atoms with Crippen LogP contribution in [0, 0.1) is 0 Å². The van der Waals surface area contributed by atoms with Crippen LogP contribution in [0.4, 0.5) is 13.2 Å². The molecule has 0 aliphatic heterocycles. The smallest absolute Gasteiger partial charge is 0.326 e. The molecular weight excluding hydrogens is 257 g/mol. The Morgan fingerprint density at radius 2 is 1.84 bits per heavy atom. The normalized spacial score (nSPS) is 12.1. The van der Waals surface area contributed by atoms with Crippen molar-refractivity contribution in [1.29, 1.82) is 0 Å². The fourth-order valence-electron chi connectivity index (χ4n) is 1.79. The van der Waals surface area contributed by atoms with Crippen LogP contribution in [0.2, 0.25) is 0 Å². The molecule has 2 N–H and O–H groups in total. The number of rotatable bonds is 7. The van der Waals surface area contributed by atoms with Crippen molar-refractivity contribution in [1.82, 2.24) is 4.90 Å². The Hall–Kier alpha value is -1.11. The highest BCUT2D eigenvalue weighted by Crippen LogP contribution is 2.16. The zero-order valence-corrected chi connectivity index (χ0v) is 10.9. The van der Waals surface area contributed by atoms with Crippen LogP contribution in [-0.4, -0.2) is 31.0 Å². The van der Waals surface area contributed by atoms with Crippen molar-refractivity contribution in [2.24, 2.45) is 5.73 Å². The maximum absolute atomic E-state index is 11.9. The van der Waals surface area contributed by atoms with Gasteiger partial charge in [-0.05, 0) is 17.7 Å². The van der Waals surface area contributed by atoms with Gasteiger partial charge in [0.2, 0.25) is 0 Å². The van der Waals surface area contributed by atoms with Gasteiger partial charge in [-0.25, -0.2) is 0 Å². The average molecular weight is 276 g/mol. The Kier molecular flexibility index (Phi) is 6.27. The molecule has 6 heteroatoms. The van der Waals surface area contributed by atoms with Gasteiger partial charge >= 0.3 is 6.36 Å². The minimum Gasteiger partial charge on any atom is -0.326 e. The van der Waals surface area contributed by atoms with Gasteiger partial charge in [-0.2, -0.15) is 0 Å². The molecule has 0 fully saturated rings. The van der Waals surface area contributed by atoms with Gasteiger partial charge in [0.25, 0.3) is 0 Å². The van der Waals surface area contributed by atoms with Crippen LogP contribution in [-0.2, 0) is 17.8 Å². The standard InChI is InChI=1S/C13H19F3N2O/c1-2-18(7-8-19-13(14,15)16)10-12-6-4-3-5-11(12)9-17/h3-6H,2,7-10,17H2,1H3. The fraction of sp³-hybridized carbons (Fsp3) is 0.538. The Labute approximate surface area is 111 Å². The molecule has 0 saturated carbocycles. The summed E-state index contributed by atoms with van der Waals surface area (Å²) in [5.41, 5.74) is 7.69. The molecule has 0 atom stereocenters. The number of nitrogens with two attached hydrogens (primary N) is 1. The summed E-state index contributed by atoms with van der Waals surface area (Å²) in [6.07, 6.45) is -4.56. The van der Waals surface area contributed by atoms with E-state index in [4.69, 9.17) is 5.73 Å². The van der Waals surface area contributed by atoms with E-state index in [0.717, 1.165) is 11.1 Å². The van der Waals surface area contributed by atoms with E-state index in [2.05, 4.69) is 4.74 Å². The lowest BCUT2D eigenvalue weighted by Gasteiger charge is -2.22. The highest BCUT2D eigenvalue weighted by molar-refractivity contribution is 5.26. The first-order valence-corrected chi connectivity index (χ1v) is 6.16. The van der Waals surface area contributed by atoms with Crippen molar-refractivity contribution >= 4 is 0 Å². The Morgan fingerprint density at radius 3 is 2.37 bits per heavy atom. The molecule has 1 aromatic carbocycles. The zero-order chi connectivity index (χ0) is 14.3. The maximum atomic E-state index is 11.9. The molecule has 1 rings (SSSR count). The summed E-state index contributed by atoms with van der Waals surface area (Å²) in [4.78, 5) is 1.89. The first kappa shape index (κ1) is 15.9. The number of hydrogen-bond donors (Lipinski definition) is 1. The lowest BCUT2D eigenvalue weighted by atomic mass is 10.1. The number of ether oxygens (including phenoxy) is 1. The number of alkyl halides is 3. The van der Waals surface area contributed by atoms with Gasteiger partial charge in [-0.3, -0.25) is 9.64 Å². The van der Waals surface area contributed by atoms with Crippen molar-refractivity contribution in [2.45, 2.75) is 26.4 Å². The van der Waals surface area contributed by atoms with Crippen molar-refractivity contribution in [3.05, 3.63) is 35.4 Å². The Morgan fingerprint density at radius 1 is 1.21 bits per heavy atom. The maximum Gasteiger partial charge on any atom is 0.522 e. The van der Waals surface area contributed by atoms with Crippen LogP contribution in [0.1, 0.15) is 18.1 Å². The lowest BCUT2D eigenvalue weighted by molar-refractivity contribution is -0.325. The molecule has 0 aromatic heterocycles. The average Bonchev–Trinajstić information content (AvgIpc) is 2.36. The summed E-state index contributed by atoms with van der Waals surface area (Å²) in [6.45, 7) is 3.42. The first-order chi connectivity index (χ1) is 8.96. The monoisotopic (exact) mass is 276 g/mol. The Balaban J connectivity index is 2.52. The quantitative estimate of drug-likeness (QED) is 0.831. The van der Waals surface area contributed by atoms with Crippen LogP contribution in [0.5, 0.6) is 0 Å². The van der Waals surface area contributed by atoms with Gasteiger partial charge in [-0.15, -0.1) is 13.2 Å². The van der Waals surface area contributed by atoms with E-state index in [1.807, 2.05) is 36.1 Å². The summed E-state index contributed by atoms with van der Waals surface area (Å²) >= 11 is 0. The van der Waals surface area contributed by atoms with Gasteiger partial charge in [0, 0.05) is 19.6 Å². The summed E-state index contributed by atoms with van der Waals surface area (Å²) in [5, 5.41) is 0. The molecular formula is C13H19F3N2O. The van der Waals surface area contributed by atoms with Crippen molar-refractivity contribution in [3.8, 4) is 0 Å². The van der Waals surface area contributed by atoms with E-state index in [9.17, 15) is 13.2 Å². The molecule has 108 valence electrons. The predicted molar refractivity (Wildman–Crippen MR) is 67.3 cm³/mol. The lowest BCUT2D eigenvalue weighted by Crippen LogP contribution is -2.29. The second-order valence-electron chi connectivity index (χ2n) is 4.14. The second kappa shape index (κ2) is 7.47. The highest BCUT2D eigenvalue weighted by atomic mass is 19.4. The van der Waals surface area contributed by atoms with Gasteiger partial charge in [0.1, 0.15) is 0 Å². The van der Waals surface area contributed by atoms with Crippen LogP contribution < -0.4 is 5.73 Å². The minimum absolute atomic E-state index is 0.231. The van der Waals surface area contributed by atoms with E-state index < -0.39 is 6.36 Å². The molecule has 0 aliphatic carbocycles. The molecule has 0 heterocycles. The SMILES string of the molecule is CCN(CCOC(F)(F)F)Cc1ccccc1CN. The highest BCUT2D eigenvalue weighted by Gasteiger charge is 2.28. The molecule has 0 radical (unpaired) electrons. The van der Waals surface area contributed by atoms with Crippen molar-refractivity contribution in [2.75, 3.05) is 19.7 Å². The second-order valence-corrected chi connectivity index (χ2v) is 4.14. The van der Waals surface area contributed by atoms with E-state index in [-0.39, 0.29) is 13.2 Å². The van der Waals surface area contributed by atoms with E-state index in [1.54, 1.807) is 0 Å². The number of likely N-dealkylation sites (N-methyl/N-ethyl adjacent to an activating group) is 1. The van der Waals surface area contributed by atoms with Gasteiger partial charge in [0.05, 0.1) is 6.61 Å². The minimum atomic E-state index is -4.56. The van der Waals surface area contributed by atoms with Crippen LogP contribution in [0.25, 0.3) is 0 Å². The first-order valence-electron chi connectivity index (χ1n) is 6.16. The number of halogens is 3. The molecule has 0 amide bonds. The number of hydrogen-bond acceptors (Lipinski definition) is 3. The summed E-state index contributed by atoms with van der Waals surface area (Å²) in [7, 11) is 0. The third-order valence-electron chi connectivity index (χ3n) is 2.85. The molecule has 1 aromatic rings. The Bertz CT molecular complexity index is 382. The zero-order valence-electron chi connectivity index (χ0n) is 10.9. The van der Waals surface area contributed by atoms with E-state index >= 15 is 0 Å². The predicted octanol–water partition coefficient (Wildman–Crippen LogP) is 2.50. The van der Waals surface area contributed by atoms with Gasteiger partial charge in [0.15, 0.2) is 0 Å². The number of nitrogens with zero attached hydrogens (tertiary/aromatic N) is 1. The summed E-state index contributed by atoms with van der Waals surface area (Å²) in [5.74, 6) is 0. The van der Waals surface area contributed by atoms with E-state index in [0.29, 0.717) is 19.6 Å². The summed E-state index contributed by atoms with van der Waals surface area (Å²) < 4.78 is 39.5. The summed E-state index contributed by atoms with van der Waals surface area (Å²) in [6, 6.07) is 7.66. The molecule has 0 aliphatic rings. The van der Waals surface area contributed by atoms with Gasteiger partial charge < -0.3 is 5.73 Å². The fourth-order valence-corrected chi connectivity index (χ4v) is 1.79. The van der Waals surface area contributed by atoms with E-state index in [1.165, 1.54) is 0 Å². The number of benzene rings is 1. The van der Waals surface area contributed by atoms with Crippen LogP contribution in [0.3, 0.4) is 0 Å². The third-order valence-corrected chi connectivity index (χ3v) is 2.85. The van der Waals surface area contributed by atoms with Crippen LogP contribution >= 0.6 is 0 Å². The molecule has 3 nitrogen and oxygen atoms in total. The molecule has 19 heavy (non-hydrogen) atoms. The van der Waals surface area contributed by atoms with Crippen molar-refractivity contribution < 1.29 is 17.9 Å². The van der Waals surface area contributed by atoms with Crippen LogP contribution in [0.15, 0.2) is 24.3 Å². The molecule has 0 saturated heterocycles. The third kappa shape index (κ3) is 6.04. The molecule has 0 bridgehead atoms. The molecule has 0 unspecified atom stereocenters. The van der Waals surface area contributed by atoms with Crippen molar-refractivity contribution in [3.63, 3.8) is 0 Å².